The van der Waals surface area contributed by atoms with Crippen LogP contribution >= 0.6 is 11.6 Å². The first-order valence-electron chi connectivity index (χ1n) is 8.53. The number of benzene rings is 1. The number of carbonyl (C=O) groups excluding carboxylic acids is 2. The van der Waals surface area contributed by atoms with Crippen LogP contribution in [0.4, 0.5) is 4.79 Å². The van der Waals surface area contributed by atoms with Gasteiger partial charge in [-0.25, -0.2) is 9.48 Å². The van der Waals surface area contributed by atoms with Crippen molar-refractivity contribution in [2.75, 3.05) is 32.8 Å². The van der Waals surface area contributed by atoms with Gasteiger partial charge < -0.3 is 14.5 Å². The van der Waals surface area contributed by atoms with Crippen LogP contribution < -0.4 is 0 Å². The first-order valence-corrected chi connectivity index (χ1v) is 8.91. The Morgan fingerprint density at radius 3 is 2.50 bits per heavy atom. The Hall–Kier alpha value is -2.54. The molecule has 1 aromatic carbocycles. The molecule has 0 unspecified atom stereocenters. The molecule has 2 amide bonds. The van der Waals surface area contributed by atoms with Gasteiger partial charge >= 0.3 is 6.09 Å². The molecule has 2 heterocycles. The summed E-state index contributed by atoms with van der Waals surface area (Å²) in [6.45, 7) is 5.84. The number of aryl methyl sites for hydroxylation is 1. The Morgan fingerprint density at radius 2 is 1.85 bits per heavy atom. The quantitative estimate of drug-likeness (QED) is 0.826. The molecule has 0 radical (unpaired) electrons. The molecule has 0 spiro atoms. The number of nitrogens with zero attached hydrogens (tertiary/aromatic N) is 4. The molecule has 1 aliphatic rings. The van der Waals surface area contributed by atoms with Gasteiger partial charge in [-0.15, -0.1) is 0 Å². The average molecular weight is 377 g/mol. The van der Waals surface area contributed by atoms with E-state index in [1.807, 2.05) is 19.1 Å². The second-order valence-electron chi connectivity index (χ2n) is 6.04. The second kappa shape index (κ2) is 7.78. The molecule has 2 aromatic rings. The van der Waals surface area contributed by atoms with Gasteiger partial charge in [0.15, 0.2) is 5.69 Å². The highest BCUT2D eigenvalue weighted by Crippen LogP contribution is 2.18. The fraction of sp³-hybridized carbons (Fsp3) is 0.389. The molecule has 3 rings (SSSR count). The Balaban J connectivity index is 1.70. The number of hydrogen-bond acceptors (Lipinski definition) is 4. The summed E-state index contributed by atoms with van der Waals surface area (Å²) in [6.07, 6.45) is -0.333. The van der Waals surface area contributed by atoms with Crippen molar-refractivity contribution in [3.05, 3.63) is 46.7 Å². The molecular formula is C18H21ClN4O3. The van der Waals surface area contributed by atoms with Crippen LogP contribution in [0.2, 0.25) is 5.02 Å². The van der Waals surface area contributed by atoms with Crippen molar-refractivity contribution in [1.82, 2.24) is 19.6 Å². The van der Waals surface area contributed by atoms with E-state index in [2.05, 4.69) is 5.10 Å². The summed E-state index contributed by atoms with van der Waals surface area (Å²) in [5.74, 6) is -0.141. The van der Waals surface area contributed by atoms with E-state index in [0.29, 0.717) is 43.5 Å². The molecule has 26 heavy (non-hydrogen) atoms. The van der Waals surface area contributed by atoms with Crippen molar-refractivity contribution >= 4 is 23.6 Å². The Labute approximate surface area is 157 Å². The van der Waals surface area contributed by atoms with E-state index in [-0.39, 0.29) is 12.0 Å². The molecule has 0 atom stereocenters. The Morgan fingerprint density at radius 1 is 1.15 bits per heavy atom. The summed E-state index contributed by atoms with van der Waals surface area (Å²) >= 11 is 6.04. The number of halogens is 1. The highest BCUT2D eigenvalue weighted by atomic mass is 35.5. The van der Waals surface area contributed by atoms with Crippen LogP contribution in [-0.2, 0) is 4.74 Å². The van der Waals surface area contributed by atoms with Gasteiger partial charge in [0.05, 0.1) is 12.3 Å². The monoisotopic (exact) mass is 376 g/mol. The lowest BCUT2D eigenvalue weighted by molar-refractivity contribution is 0.0565. The van der Waals surface area contributed by atoms with Gasteiger partial charge in [-0.1, -0.05) is 17.7 Å². The maximum atomic E-state index is 12.8. The van der Waals surface area contributed by atoms with Crippen LogP contribution in [0.15, 0.2) is 30.3 Å². The molecule has 1 aromatic heterocycles. The first kappa shape index (κ1) is 18.3. The highest BCUT2D eigenvalue weighted by Gasteiger charge is 2.27. The van der Waals surface area contributed by atoms with Crippen LogP contribution in [0.3, 0.4) is 0 Å². The maximum Gasteiger partial charge on any atom is 0.409 e. The third-order valence-corrected chi connectivity index (χ3v) is 4.49. The molecule has 0 N–H and O–H groups in total. The molecule has 1 saturated heterocycles. The average Bonchev–Trinajstić information content (AvgIpc) is 3.03. The summed E-state index contributed by atoms with van der Waals surface area (Å²) in [5, 5.41) is 5.05. The minimum atomic E-state index is -0.333. The molecule has 1 fully saturated rings. The van der Waals surface area contributed by atoms with Crippen molar-refractivity contribution in [2.24, 2.45) is 0 Å². The van der Waals surface area contributed by atoms with E-state index in [9.17, 15) is 9.59 Å². The second-order valence-corrected chi connectivity index (χ2v) is 6.48. The minimum Gasteiger partial charge on any atom is -0.450 e. The first-order chi connectivity index (χ1) is 12.5. The SMILES string of the molecule is CCOC(=O)N1CCN(C(=O)c2cc(C)n(-c3cccc(Cl)c3)n2)CC1. The van der Waals surface area contributed by atoms with Crippen molar-refractivity contribution in [3.8, 4) is 5.69 Å². The lowest BCUT2D eigenvalue weighted by Gasteiger charge is -2.33. The van der Waals surface area contributed by atoms with Gasteiger partial charge in [-0.05, 0) is 38.1 Å². The van der Waals surface area contributed by atoms with Crippen molar-refractivity contribution in [3.63, 3.8) is 0 Å². The fourth-order valence-corrected chi connectivity index (χ4v) is 3.10. The molecule has 0 aliphatic carbocycles. The van der Waals surface area contributed by atoms with Crippen LogP contribution in [0.25, 0.3) is 5.69 Å². The van der Waals surface area contributed by atoms with E-state index in [0.717, 1.165) is 11.4 Å². The number of hydrogen-bond donors (Lipinski definition) is 0. The lowest BCUT2D eigenvalue weighted by atomic mass is 10.2. The Bertz CT molecular complexity index is 813. The van der Waals surface area contributed by atoms with Crippen molar-refractivity contribution < 1.29 is 14.3 Å². The molecule has 1 aliphatic heterocycles. The molecular weight excluding hydrogens is 356 g/mol. The predicted octanol–water partition coefficient (Wildman–Crippen LogP) is 2.75. The van der Waals surface area contributed by atoms with Crippen LogP contribution in [0, 0.1) is 6.92 Å². The highest BCUT2D eigenvalue weighted by molar-refractivity contribution is 6.30. The van der Waals surface area contributed by atoms with Gasteiger partial charge in [0, 0.05) is 36.9 Å². The number of carbonyl (C=O) groups is 2. The van der Waals surface area contributed by atoms with Gasteiger partial charge in [0.2, 0.25) is 0 Å². The zero-order chi connectivity index (χ0) is 18.7. The van der Waals surface area contributed by atoms with Crippen LogP contribution in [0.5, 0.6) is 0 Å². The molecule has 0 saturated carbocycles. The smallest absolute Gasteiger partial charge is 0.409 e. The van der Waals surface area contributed by atoms with Gasteiger partial charge in [-0.3, -0.25) is 4.79 Å². The third kappa shape index (κ3) is 3.83. The summed E-state index contributed by atoms with van der Waals surface area (Å²) in [7, 11) is 0. The molecule has 138 valence electrons. The number of aromatic nitrogens is 2. The number of rotatable bonds is 3. The third-order valence-electron chi connectivity index (χ3n) is 4.25. The normalized spacial score (nSPS) is 14.4. The molecule has 0 bridgehead atoms. The van der Waals surface area contributed by atoms with E-state index < -0.39 is 0 Å². The standard InChI is InChI=1S/C18H21ClN4O3/c1-3-26-18(25)22-9-7-21(8-10-22)17(24)16-11-13(2)23(20-16)15-6-4-5-14(19)12-15/h4-6,11-12H,3,7-10H2,1-2H3. The Kier molecular flexibility index (Phi) is 5.46. The number of ether oxygens (including phenoxy) is 1. The topological polar surface area (TPSA) is 67.7 Å². The van der Waals surface area contributed by atoms with E-state index in [1.54, 1.807) is 39.6 Å². The van der Waals surface area contributed by atoms with Gasteiger partial charge in [0.25, 0.3) is 5.91 Å². The molecule has 7 nitrogen and oxygen atoms in total. The van der Waals surface area contributed by atoms with E-state index in [1.165, 1.54) is 0 Å². The maximum absolute atomic E-state index is 12.8. The van der Waals surface area contributed by atoms with Crippen LogP contribution in [-0.4, -0.2) is 64.4 Å². The van der Waals surface area contributed by atoms with Gasteiger partial charge in [-0.2, -0.15) is 5.10 Å². The zero-order valence-electron chi connectivity index (χ0n) is 14.8. The molecule has 8 heteroatoms. The minimum absolute atomic E-state index is 0.141. The zero-order valence-corrected chi connectivity index (χ0v) is 15.6. The summed E-state index contributed by atoms with van der Waals surface area (Å²) < 4.78 is 6.70. The summed E-state index contributed by atoms with van der Waals surface area (Å²) in [6, 6.07) is 9.08. The van der Waals surface area contributed by atoms with Crippen molar-refractivity contribution in [2.45, 2.75) is 13.8 Å². The van der Waals surface area contributed by atoms with Gasteiger partial charge in [0.1, 0.15) is 0 Å². The summed E-state index contributed by atoms with van der Waals surface area (Å²) in [4.78, 5) is 27.8. The number of piperazine rings is 1. The number of amides is 2. The lowest BCUT2D eigenvalue weighted by Crippen LogP contribution is -2.50. The van der Waals surface area contributed by atoms with E-state index >= 15 is 0 Å². The van der Waals surface area contributed by atoms with E-state index in [4.69, 9.17) is 16.3 Å². The van der Waals surface area contributed by atoms with Crippen LogP contribution in [0.1, 0.15) is 23.1 Å². The fourth-order valence-electron chi connectivity index (χ4n) is 2.92. The van der Waals surface area contributed by atoms with Crippen molar-refractivity contribution in [1.29, 1.82) is 0 Å². The summed E-state index contributed by atoms with van der Waals surface area (Å²) in [5.41, 5.74) is 2.04. The predicted molar refractivity (Wildman–Crippen MR) is 97.8 cm³/mol. The largest absolute Gasteiger partial charge is 0.450 e.